The third kappa shape index (κ3) is 5.55. The lowest BCUT2D eigenvalue weighted by atomic mass is 10.1. The molecule has 0 saturated heterocycles. The maximum atomic E-state index is 11.9. The Kier molecular flexibility index (Phi) is 6.61. The van der Waals surface area contributed by atoms with Crippen molar-refractivity contribution in [2.24, 2.45) is 5.10 Å². The molecule has 0 radical (unpaired) electrons. The van der Waals surface area contributed by atoms with Gasteiger partial charge in [0.2, 0.25) is 0 Å². The fourth-order valence-corrected chi connectivity index (χ4v) is 2.01. The van der Waals surface area contributed by atoms with E-state index in [1.54, 1.807) is 36.4 Å². The molecule has 0 aliphatic rings. The number of hydrogen-bond acceptors (Lipinski definition) is 5. The van der Waals surface area contributed by atoms with Gasteiger partial charge in [-0.2, -0.15) is 5.10 Å². The summed E-state index contributed by atoms with van der Waals surface area (Å²) in [6, 6.07) is 13.6. The van der Waals surface area contributed by atoms with Gasteiger partial charge in [0.05, 0.1) is 25.4 Å². The molecule has 0 aliphatic heterocycles. The van der Waals surface area contributed by atoms with Crippen LogP contribution in [0.4, 0.5) is 0 Å². The molecule has 0 bridgehead atoms. The van der Waals surface area contributed by atoms with Crippen LogP contribution in [0.5, 0.6) is 0 Å². The van der Waals surface area contributed by atoms with Crippen molar-refractivity contribution in [3.05, 3.63) is 70.8 Å². The second kappa shape index (κ2) is 9.12. The lowest BCUT2D eigenvalue weighted by Crippen LogP contribution is -2.34. The van der Waals surface area contributed by atoms with Crippen molar-refractivity contribution in [1.82, 2.24) is 10.7 Å². The van der Waals surface area contributed by atoms with Crippen LogP contribution >= 0.6 is 0 Å². The summed E-state index contributed by atoms with van der Waals surface area (Å²) in [7, 11) is 1.31. The van der Waals surface area contributed by atoms with Crippen LogP contribution in [0.15, 0.2) is 53.6 Å². The maximum absolute atomic E-state index is 11.9. The van der Waals surface area contributed by atoms with Crippen LogP contribution in [-0.2, 0) is 9.53 Å². The van der Waals surface area contributed by atoms with Crippen molar-refractivity contribution < 1.29 is 19.1 Å². The minimum atomic E-state index is -0.451. The topological polar surface area (TPSA) is 96.9 Å². The van der Waals surface area contributed by atoms with Gasteiger partial charge in [-0.05, 0) is 36.8 Å². The van der Waals surface area contributed by atoms with Crippen LogP contribution in [0, 0.1) is 6.92 Å². The number of nitrogens with one attached hydrogen (secondary N) is 2. The number of methoxy groups -OCH3 is 1. The van der Waals surface area contributed by atoms with E-state index < -0.39 is 11.9 Å². The van der Waals surface area contributed by atoms with Crippen molar-refractivity contribution in [1.29, 1.82) is 0 Å². The molecule has 0 spiro atoms. The minimum Gasteiger partial charge on any atom is -0.465 e. The molecule has 0 saturated carbocycles. The van der Waals surface area contributed by atoms with Crippen molar-refractivity contribution in [2.75, 3.05) is 13.7 Å². The van der Waals surface area contributed by atoms with Crippen LogP contribution in [0.1, 0.15) is 31.8 Å². The summed E-state index contributed by atoms with van der Waals surface area (Å²) in [5, 5.41) is 6.32. The zero-order chi connectivity index (χ0) is 18.9. The number of amides is 2. The Morgan fingerprint density at radius 2 is 1.62 bits per heavy atom. The molecule has 2 N–H and O–H groups in total. The van der Waals surface area contributed by atoms with Gasteiger partial charge in [0.15, 0.2) is 0 Å². The molecule has 2 rings (SSSR count). The van der Waals surface area contributed by atoms with Crippen LogP contribution < -0.4 is 10.7 Å². The molecule has 7 heteroatoms. The number of esters is 1. The van der Waals surface area contributed by atoms with Crippen LogP contribution in [0.2, 0.25) is 0 Å². The highest BCUT2D eigenvalue weighted by Gasteiger charge is 2.07. The SMILES string of the molecule is COC(=O)c1ccc(/C=N/NC(=O)CNC(=O)c2ccc(C)cc2)cc1. The smallest absolute Gasteiger partial charge is 0.337 e. The third-order valence-electron chi connectivity index (χ3n) is 3.46. The first-order valence-corrected chi connectivity index (χ1v) is 7.85. The molecule has 0 unspecified atom stereocenters. The lowest BCUT2D eigenvalue weighted by Gasteiger charge is -2.04. The zero-order valence-electron chi connectivity index (χ0n) is 14.5. The van der Waals surface area contributed by atoms with E-state index in [1.165, 1.54) is 13.3 Å². The average molecular weight is 353 g/mol. The van der Waals surface area contributed by atoms with Gasteiger partial charge in [-0.1, -0.05) is 29.8 Å². The molecule has 0 fully saturated rings. The highest BCUT2D eigenvalue weighted by atomic mass is 16.5. The first-order chi connectivity index (χ1) is 12.5. The molecule has 2 aromatic rings. The van der Waals surface area contributed by atoms with Gasteiger partial charge in [-0.25, -0.2) is 10.2 Å². The van der Waals surface area contributed by atoms with Crippen molar-refractivity contribution >= 4 is 24.0 Å². The van der Waals surface area contributed by atoms with E-state index in [1.807, 2.05) is 19.1 Å². The number of carbonyl (C=O) groups is 3. The highest BCUT2D eigenvalue weighted by Crippen LogP contribution is 2.04. The number of carbonyl (C=O) groups excluding carboxylic acids is 3. The van der Waals surface area contributed by atoms with E-state index in [-0.39, 0.29) is 12.5 Å². The van der Waals surface area contributed by atoms with E-state index in [0.717, 1.165) is 5.56 Å². The summed E-state index contributed by atoms with van der Waals surface area (Å²) in [5.41, 5.74) is 4.97. The van der Waals surface area contributed by atoms with Gasteiger partial charge in [0.1, 0.15) is 0 Å². The van der Waals surface area contributed by atoms with Crippen LogP contribution in [0.3, 0.4) is 0 Å². The molecule has 134 valence electrons. The number of nitrogens with zero attached hydrogens (tertiary/aromatic N) is 1. The van der Waals surface area contributed by atoms with Crippen molar-refractivity contribution in [2.45, 2.75) is 6.92 Å². The summed E-state index contributed by atoms with van der Waals surface area (Å²) in [6.07, 6.45) is 1.43. The standard InChI is InChI=1S/C19H19N3O4/c1-13-3-7-15(8-4-13)18(24)20-12-17(23)22-21-11-14-5-9-16(10-6-14)19(25)26-2/h3-11H,12H2,1-2H3,(H,20,24)(H,22,23)/b21-11+. The summed E-state index contributed by atoms with van der Waals surface area (Å²) < 4.78 is 4.61. The lowest BCUT2D eigenvalue weighted by molar-refractivity contribution is -0.120. The first-order valence-electron chi connectivity index (χ1n) is 7.85. The minimum absolute atomic E-state index is 0.189. The number of rotatable bonds is 6. The van der Waals surface area contributed by atoms with Gasteiger partial charge in [0.25, 0.3) is 11.8 Å². The van der Waals surface area contributed by atoms with Crippen molar-refractivity contribution in [3.63, 3.8) is 0 Å². The Hall–Kier alpha value is -3.48. The molecule has 0 aromatic heterocycles. The predicted molar refractivity (Wildman–Crippen MR) is 97.0 cm³/mol. The van der Waals surface area contributed by atoms with E-state index in [0.29, 0.717) is 16.7 Å². The average Bonchev–Trinajstić information content (AvgIpc) is 2.66. The Morgan fingerprint density at radius 1 is 1.00 bits per heavy atom. The number of hydrogen-bond donors (Lipinski definition) is 2. The molecular weight excluding hydrogens is 334 g/mol. The second-order valence-electron chi connectivity index (χ2n) is 5.46. The molecule has 0 aliphatic carbocycles. The van der Waals surface area contributed by atoms with E-state index in [2.05, 4.69) is 20.6 Å². The van der Waals surface area contributed by atoms with Gasteiger partial charge in [-0.15, -0.1) is 0 Å². The summed E-state index contributed by atoms with van der Waals surface area (Å²) >= 11 is 0. The molecule has 2 aromatic carbocycles. The Bertz CT molecular complexity index is 812. The van der Waals surface area contributed by atoms with Crippen LogP contribution in [0.25, 0.3) is 0 Å². The van der Waals surface area contributed by atoms with E-state index in [9.17, 15) is 14.4 Å². The second-order valence-corrected chi connectivity index (χ2v) is 5.46. The van der Waals surface area contributed by atoms with Crippen LogP contribution in [-0.4, -0.2) is 37.7 Å². The molecule has 0 atom stereocenters. The number of aryl methyl sites for hydroxylation is 1. The normalized spacial score (nSPS) is 10.4. The molecular formula is C19H19N3O4. The zero-order valence-corrected chi connectivity index (χ0v) is 14.5. The summed E-state index contributed by atoms with van der Waals surface area (Å²) in [5.74, 6) is -1.21. The predicted octanol–water partition coefficient (Wildman–Crippen LogP) is 1.66. The molecule has 2 amide bonds. The Labute approximate surface area is 151 Å². The fraction of sp³-hybridized carbons (Fsp3) is 0.158. The van der Waals surface area contributed by atoms with E-state index >= 15 is 0 Å². The maximum Gasteiger partial charge on any atom is 0.337 e. The third-order valence-corrected chi connectivity index (χ3v) is 3.46. The monoisotopic (exact) mass is 353 g/mol. The molecule has 7 nitrogen and oxygen atoms in total. The molecule has 0 heterocycles. The first kappa shape index (κ1) is 18.9. The van der Waals surface area contributed by atoms with Gasteiger partial charge < -0.3 is 10.1 Å². The number of ether oxygens (including phenoxy) is 1. The summed E-state index contributed by atoms with van der Waals surface area (Å²) in [6.45, 7) is 1.74. The fourth-order valence-electron chi connectivity index (χ4n) is 2.01. The number of hydrazone groups is 1. The number of benzene rings is 2. The van der Waals surface area contributed by atoms with Gasteiger partial charge >= 0.3 is 5.97 Å². The summed E-state index contributed by atoms with van der Waals surface area (Å²) in [4.78, 5) is 34.9. The Morgan fingerprint density at radius 3 is 2.23 bits per heavy atom. The van der Waals surface area contributed by atoms with Gasteiger partial charge in [0, 0.05) is 5.56 Å². The van der Waals surface area contributed by atoms with E-state index in [4.69, 9.17) is 0 Å². The quantitative estimate of drug-likeness (QED) is 0.469. The highest BCUT2D eigenvalue weighted by molar-refractivity contribution is 5.96. The van der Waals surface area contributed by atoms with Crippen molar-refractivity contribution in [3.8, 4) is 0 Å². The Balaban J connectivity index is 1.79. The van der Waals surface area contributed by atoms with Gasteiger partial charge in [-0.3, -0.25) is 9.59 Å². The largest absolute Gasteiger partial charge is 0.465 e. The molecule has 26 heavy (non-hydrogen) atoms.